The zero-order chi connectivity index (χ0) is 13.1. The lowest BCUT2D eigenvalue weighted by Crippen LogP contribution is -2.45. The van der Waals surface area contributed by atoms with Crippen molar-refractivity contribution in [3.8, 4) is 0 Å². The van der Waals surface area contributed by atoms with Crippen molar-refractivity contribution >= 4 is 17.7 Å². The Kier molecular flexibility index (Phi) is 4.24. The molecule has 1 aromatic heterocycles. The van der Waals surface area contributed by atoms with Crippen molar-refractivity contribution in [3.63, 3.8) is 0 Å². The second kappa shape index (κ2) is 5.71. The van der Waals surface area contributed by atoms with Gasteiger partial charge in [-0.05, 0) is 30.7 Å². The number of amides is 1. The summed E-state index contributed by atoms with van der Waals surface area (Å²) in [5.74, 6) is 0.156. The van der Waals surface area contributed by atoms with Gasteiger partial charge in [-0.15, -0.1) is 11.8 Å². The third-order valence-electron chi connectivity index (χ3n) is 3.34. The van der Waals surface area contributed by atoms with Crippen LogP contribution in [0.1, 0.15) is 23.7 Å². The van der Waals surface area contributed by atoms with Crippen LogP contribution in [0.25, 0.3) is 0 Å². The molecule has 2 rings (SSSR count). The molecule has 1 aliphatic heterocycles. The monoisotopic (exact) mass is 266 g/mol. The van der Waals surface area contributed by atoms with Gasteiger partial charge in [0.25, 0.3) is 5.91 Å². The molecular formula is C13H18N2O2S. The predicted molar refractivity (Wildman–Crippen MR) is 71.7 cm³/mol. The van der Waals surface area contributed by atoms with E-state index in [1.165, 1.54) is 11.8 Å². The van der Waals surface area contributed by atoms with Crippen molar-refractivity contribution in [2.24, 2.45) is 5.92 Å². The maximum atomic E-state index is 12.4. The molecule has 0 bridgehead atoms. The van der Waals surface area contributed by atoms with E-state index in [1.807, 2.05) is 24.1 Å². The summed E-state index contributed by atoms with van der Waals surface area (Å²) in [6.07, 6.45) is 3.98. The molecule has 1 fully saturated rings. The highest BCUT2D eigenvalue weighted by Crippen LogP contribution is 2.22. The van der Waals surface area contributed by atoms with E-state index in [0.29, 0.717) is 25.1 Å². The number of thioether (sulfide) groups is 1. The number of carbonyl (C=O) groups is 1. The Morgan fingerprint density at radius 3 is 3.06 bits per heavy atom. The average molecular weight is 266 g/mol. The number of aliphatic hydroxyl groups is 1. The third kappa shape index (κ3) is 2.67. The van der Waals surface area contributed by atoms with Crippen LogP contribution in [0.5, 0.6) is 0 Å². The number of pyridine rings is 1. The molecule has 98 valence electrons. The van der Waals surface area contributed by atoms with E-state index in [-0.39, 0.29) is 17.9 Å². The number of rotatable bonds is 2. The van der Waals surface area contributed by atoms with E-state index in [2.05, 4.69) is 4.98 Å². The van der Waals surface area contributed by atoms with E-state index in [1.54, 1.807) is 12.3 Å². The van der Waals surface area contributed by atoms with Crippen LogP contribution >= 0.6 is 11.8 Å². The first kappa shape index (κ1) is 13.4. The Bertz CT molecular complexity index is 439. The molecule has 5 heteroatoms. The van der Waals surface area contributed by atoms with E-state index in [4.69, 9.17) is 0 Å². The van der Waals surface area contributed by atoms with Crippen LogP contribution in [-0.2, 0) is 0 Å². The van der Waals surface area contributed by atoms with E-state index in [9.17, 15) is 9.90 Å². The molecule has 0 spiro atoms. The molecule has 1 N–H and O–H groups in total. The minimum Gasteiger partial charge on any atom is -0.393 e. The number of aliphatic hydroxyl groups excluding tert-OH is 1. The molecule has 1 amide bonds. The molecule has 1 aromatic rings. The van der Waals surface area contributed by atoms with Crippen molar-refractivity contribution < 1.29 is 9.90 Å². The zero-order valence-corrected chi connectivity index (χ0v) is 11.5. The Labute approximate surface area is 111 Å². The summed E-state index contributed by atoms with van der Waals surface area (Å²) in [6, 6.07) is 3.60. The number of likely N-dealkylation sites (tertiary alicyclic amines) is 1. The lowest BCUT2D eigenvalue weighted by Gasteiger charge is -2.34. The highest BCUT2D eigenvalue weighted by atomic mass is 32.2. The Morgan fingerprint density at radius 2 is 2.39 bits per heavy atom. The summed E-state index contributed by atoms with van der Waals surface area (Å²) in [5, 5.41) is 10.5. The molecule has 0 radical (unpaired) electrons. The molecule has 2 unspecified atom stereocenters. The Balaban J connectivity index is 2.16. The van der Waals surface area contributed by atoms with Crippen LogP contribution in [0.4, 0.5) is 0 Å². The number of aromatic nitrogens is 1. The highest BCUT2D eigenvalue weighted by molar-refractivity contribution is 7.98. The second-order valence-corrected chi connectivity index (χ2v) is 5.44. The summed E-state index contributed by atoms with van der Waals surface area (Å²) in [4.78, 5) is 18.4. The van der Waals surface area contributed by atoms with Gasteiger partial charge < -0.3 is 10.0 Å². The fraction of sp³-hybridized carbons (Fsp3) is 0.538. The van der Waals surface area contributed by atoms with Gasteiger partial charge in [0.05, 0.1) is 11.7 Å². The SMILES string of the molecule is CSc1ncccc1C(=O)N1CCC(O)C(C)C1. The first-order valence-corrected chi connectivity index (χ1v) is 7.32. The van der Waals surface area contributed by atoms with Crippen molar-refractivity contribution in [3.05, 3.63) is 23.9 Å². The van der Waals surface area contributed by atoms with Crippen molar-refractivity contribution in [1.29, 1.82) is 0 Å². The molecule has 0 aromatic carbocycles. The second-order valence-electron chi connectivity index (χ2n) is 4.64. The quantitative estimate of drug-likeness (QED) is 0.827. The standard InChI is InChI=1S/C13H18N2O2S/c1-9-8-15(7-5-11(9)16)13(17)10-4-3-6-14-12(10)18-2/h3-4,6,9,11,16H,5,7-8H2,1-2H3. The maximum absolute atomic E-state index is 12.4. The summed E-state index contributed by atoms with van der Waals surface area (Å²) in [7, 11) is 0. The van der Waals surface area contributed by atoms with Gasteiger partial charge in [0, 0.05) is 19.3 Å². The fourth-order valence-electron chi connectivity index (χ4n) is 2.20. The molecule has 2 atom stereocenters. The van der Waals surface area contributed by atoms with Gasteiger partial charge in [-0.1, -0.05) is 6.92 Å². The normalized spacial score (nSPS) is 24.1. The number of piperidine rings is 1. The van der Waals surface area contributed by atoms with Gasteiger partial charge in [0.2, 0.25) is 0 Å². The minimum atomic E-state index is -0.289. The van der Waals surface area contributed by atoms with Gasteiger partial charge in [-0.3, -0.25) is 4.79 Å². The van der Waals surface area contributed by atoms with Crippen LogP contribution < -0.4 is 0 Å². The molecule has 18 heavy (non-hydrogen) atoms. The van der Waals surface area contributed by atoms with E-state index >= 15 is 0 Å². The van der Waals surface area contributed by atoms with Crippen LogP contribution in [0.3, 0.4) is 0 Å². The molecule has 0 saturated carbocycles. The summed E-state index contributed by atoms with van der Waals surface area (Å²) in [5.41, 5.74) is 0.661. The van der Waals surface area contributed by atoms with Crippen LogP contribution in [0.15, 0.2) is 23.4 Å². The fourth-order valence-corrected chi connectivity index (χ4v) is 2.75. The van der Waals surface area contributed by atoms with Gasteiger partial charge >= 0.3 is 0 Å². The summed E-state index contributed by atoms with van der Waals surface area (Å²) in [6.45, 7) is 3.21. The number of nitrogens with zero attached hydrogens (tertiary/aromatic N) is 2. The van der Waals surface area contributed by atoms with Crippen molar-refractivity contribution in [1.82, 2.24) is 9.88 Å². The molecule has 0 aliphatic carbocycles. The molecule has 1 aliphatic rings. The lowest BCUT2D eigenvalue weighted by molar-refractivity contribution is 0.0295. The largest absolute Gasteiger partial charge is 0.393 e. The Morgan fingerprint density at radius 1 is 1.61 bits per heavy atom. The molecular weight excluding hydrogens is 248 g/mol. The van der Waals surface area contributed by atoms with Crippen molar-refractivity contribution in [2.45, 2.75) is 24.5 Å². The molecule has 2 heterocycles. The average Bonchev–Trinajstić information content (AvgIpc) is 2.41. The maximum Gasteiger partial charge on any atom is 0.256 e. The van der Waals surface area contributed by atoms with Crippen molar-refractivity contribution in [2.75, 3.05) is 19.3 Å². The molecule has 4 nitrogen and oxygen atoms in total. The zero-order valence-electron chi connectivity index (χ0n) is 10.7. The van der Waals surface area contributed by atoms with E-state index < -0.39 is 0 Å². The summed E-state index contributed by atoms with van der Waals surface area (Å²) < 4.78 is 0. The first-order chi connectivity index (χ1) is 8.63. The first-order valence-electron chi connectivity index (χ1n) is 6.10. The van der Waals surface area contributed by atoms with Crippen LogP contribution in [-0.4, -0.2) is 46.3 Å². The van der Waals surface area contributed by atoms with Crippen LogP contribution in [0, 0.1) is 5.92 Å². The topological polar surface area (TPSA) is 53.4 Å². The van der Waals surface area contributed by atoms with Gasteiger partial charge in [0.15, 0.2) is 0 Å². The smallest absolute Gasteiger partial charge is 0.256 e. The summed E-state index contributed by atoms with van der Waals surface area (Å²) >= 11 is 1.48. The number of hydrogen-bond acceptors (Lipinski definition) is 4. The van der Waals surface area contributed by atoms with Gasteiger partial charge in [-0.25, -0.2) is 4.98 Å². The molecule has 1 saturated heterocycles. The number of hydrogen-bond donors (Lipinski definition) is 1. The predicted octanol–water partition coefficient (Wildman–Crippen LogP) is 1.65. The highest BCUT2D eigenvalue weighted by Gasteiger charge is 2.28. The third-order valence-corrected chi connectivity index (χ3v) is 4.05. The van der Waals surface area contributed by atoms with Gasteiger partial charge in [0.1, 0.15) is 5.03 Å². The minimum absolute atomic E-state index is 0.0196. The lowest BCUT2D eigenvalue weighted by atomic mass is 9.96. The van der Waals surface area contributed by atoms with Crippen LogP contribution in [0.2, 0.25) is 0 Å². The van der Waals surface area contributed by atoms with E-state index in [0.717, 1.165) is 5.03 Å². The Hall–Kier alpha value is -1.07. The number of carbonyl (C=O) groups excluding carboxylic acids is 1. The van der Waals surface area contributed by atoms with Gasteiger partial charge in [-0.2, -0.15) is 0 Å².